The molecule has 0 saturated carbocycles. The van der Waals surface area contributed by atoms with Gasteiger partial charge in [0.25, 0.3) is 0 Å². The van der Waals surface area contributed by atoms with E-state index in [0.717, 1.165) is 14.7 Å². The third-order valence-electron chi connectivity index (χ3n) is 2.25. The second-order valence-electron chi connectivity index (χ2n) is 3.42. The van der Waals surface area contributed by atoms with Crippen molar-refractivity contribution in [2.24, 2.45) is 0 Å². The predicted molar refractivity (Wildman–Crippen MR) is 65.3 cm³/mol. The lowest BCUT2D eigenvalue weighted by Crippen LogP contribution is -2.08. The number of aromatic nitrogens is 1. The maximum Gasteiger partial charge on any atom is 0.236 e. The summed E-state index contributed by atoms with van der Waals surface area (Å²) in [6.45, 7) is 0. The molecule has 2 rings (SSSR count). The van der Waals surface area contributed by atoms with Crippen LogP contribution in [-0.2, 0) is 10.0 Å². The lowest BCUT2D eigenvalue weighted by molar-refractivity contribution is 0.112. The fourth-order valence-electron chi connectivity index (χ4n) is 1.57. The Bertz CT molecular complexity index is 673. The molecule has 0 fully saturated rings. The van der Waals surface area contributed by atoms with E-state index >= 15 is 0 Å². The van der Waals surface area contributed by atoms with Crippen molar-refractivity contribution in [1.82, 2.24) is 3.97 Å². The highest BCUT2D eigenvalue weighted by molar-refractivity contribution is 9.10. The average molecular weight is 302 g/mol. The highest BCUT2D eigenvalue weighted by Gasteiger charge is 2.14. The minimum absolute atomic E-state index is 0.363. The summed E-state index contributed by atoms with van der Waals surface area (Å²) in [6.07, 6.45) is 3.08. The van der Waals surface area contributed by atoms with Crippen LogP contribution in [0, 0.1) is 0 Å². The van der Waals surface area contributed by atoms with E-state index in [2.05, 4.69) is 15.9 Å². The van der Waals surface area contributed by atoms with Gasteiger partial charge in [-0.1, -0.05) is 15.9 Å². The fourth-order valence-corrected chi connectivity index (χ4v) is 2.75. The highest BCUT2D eigenvalue weighted by Crippen LogP contribution is 2.25. The zero-order chi connectivity index (χ0) is 11.9. The molecule has 0 saturated heterocycles. The van der Waals surface area contributed by atoms with Crippen LogP contribution in [0.2, 0.25) is 0 Å². The minimum atomic E-state index is -3.39. The third-order valence-corrected chi connectivity index (χ3v) is 3.76. The topological polar surface area (TPSA) is 56.1 Å². The van der Waals surface area contributed by atoms with Crippen LogP contribution in [0.1, 0.15) is 10.4 Å². The van der Waals surface area contributed by atoms with Crippen LogP contribution in [0.15, 0.2) is 28.9 Å². The van der Waals surface area contributed by atoms with Crippen LogP contribution in [0.5, 0.6) is 0 Å². The molecule has 0 aliphatic carbocycles. The molecule has 0 unspecified atom stereocenters. The molecule has 0 aliphatic rings. The molecule has 4 nitrogen and oxygen atoms in total. The van der Waals surface area contributed by atoms with E-state index in [0.29, 0.717) is 22.8 Å². The van der Waals surface area contributed by atoms with Gasteiger partial charge < -0.3 is 0 Å². The first kappa shape index (κ1) is 11.3. The Labute approximate surface area is 101 Å². The summed E-state index contributed by atoms with van der Waals surface area (Å²) in [5, 5.41) is 0.620. The van der Waals surface area contributed by atoms with Gasteiger partial charge in [0, 0.05) is 21.6 Å². The molecule has 6 heteroatoms. The van der Waals surface area contributed by atoms with Gasteiger partial charge in [0.05, 0.1) is 11.8 Å². The number of carbonyl (C=O) groups is 1. The Morgan fingerprint density at radius 2 is 2.06 bits per heavy atom. The van der Waals surface area contributed by atoms with Crippen LogP contribution in [0.3, 0.4) is 0 Å². The molecular weight excluding hydrogens is 294 g/mol. The molecule has 1 aromatic carbocycles. The molecule has 0 atom stereocenters. The van der Waals surface area contributed by atoms with Gasteiger partial charge in [-0.05, 0) is 18.2 Å². The van der Waals surface area contributed by atoms with Gasteiger partial charge in [0.1, 0.15) is 0 Å². The van der Waals surface area contributed by atoms with Crippen molar-refractivity contribution < 1.29 is 13.2 Å². The van der Waals surface area contributed by atoms with Crippen LogP contribution in [0.4, 0.5) is 0 Å². The summed E-state index contributed by atoms with van der Waals surface area (Å²) in [4.78, 5) is 10.8. The zero-order valence-electron chi connectivity index (χ0n) is 8.34. The van der Waals surface area contributed by atoms with Gasteiger partial charge in [-0.2, -0.15) is 0 Å². The lowest BCUT2D eigenvalue weighted by Gasteiger charge is -2.01. The van der Waals surface area contributed by atoms with Gasteiger partial charge >= 0.3 is 0 Å². The molecule has 1 aromatic heterocycles. The van der Waals surface area contributed by atoms with E-state index in [9.17, 15) is 13.2 Å². The lowest BCUT2D eigenvalue weighted by atomic mass is 10.2. The largest absolute Gasteiger partial charge is 0.298 e. The van der Waals surface area contributed by atoms with Crippen molar-refractivity contribution in [1.29, 1.82) is 0 Å². The van der Waals surface area contributed by atoms with Gasteiger partial charge in [-0.3, -0.25) is 4.79 Å². The summed E-state index contributed by atoms with van der Waals surface area (Å²) in [7, 11) is -3.39. The van der Waals surface area contributed by atoms with E-state index in [1.807, 2.05) is 0 Å². The second kappa shape index (κ2) is 3.71. The van der Waals surface area contributed by atoms with Crippen molar-refractivity contribution in [2.45, 2.75) is 0 Å². The summed E-state index contributed by atoms with van der Waals surface area (Å²) in [6, 6.07) is 5.12. The molecule has 84 valence electrons. The number of aldehydes is 1. The molecule has 0 aliphatic heterocycles. The van der Waals surface area contributed by atoms with Gasteiger partial charge in [-0.25, -0.2) is 12.4 Å². The Hall–Kier alpha value is -1.14. The molecule has 2 aromatic rings. The van der Waals surface area contributed by atoms with Crippen LogP contribution < -0.4 is 0 Å². The Balaban J connectivity index is 2.94. The van der Waals surface area contributed by atoms with Crippen molar-refractivity contribution >= 4 is 43.1 Å². The van der Waals surface area contributed by atoms with Crippen molar-refractivity contribution in [3.05, 3.63) is 34.4 Å². The number of nitrogens with zero attached hydrogens (tertiary/aromatic N) is 1. The Morgan fingerprint density at radius 1 is 1.38 bits per heavy atom. The SMILES string of the molecule is CS(=O)(=O)n1cc(C=O)c2cc(Br)ccc21. The highest BCUT2D eigenvalue weighted by atomic mass is 79.9. The van der Waals surface area contributed by atoms with E-state index in [4.69, 9.17) is 0 Å². The Kier molecular flexibility index (Phi) is 2.63. The maximum atomic E-state index is 11.5. The summed E-state index contributed by atoms with van der Waals surface area (Å²) in [5.41, 5.74) is 0.870. The van der Waals surface area contributed by atoms with Crippen LogP contribution >= 0.6 is 15.9 Å². The quantitative estimate of drug-likeness (QED) is 0.798. The molecule has 0 bridgehead atoms. The van der Waals surface area contributed by atoms with Gasteiger partial charge in [0.15, 0.2) is 6.29 Å². The van der Waals surface area contributed by atoms with E-state index in [-0.39, 0.29) is 0 Å². The molecule has 0 radical (unpaired) electrons. The number of benzene rings is 1. The predicted octanol–water partition coefficient (Wildman–Crippen LogP) is 2.02. The monoisotopic (exact) mass is 301 g/mol. The van der Waals surface area contributed by atoms with E-state index in [1.54, 1.807) is 18.2 Å². The summed E-state index contributed by atoms with van der Waals surface area (Å²) in [5.74, 6) is 0. The number of hydrogen-bond donors (Lipinski definition) is 0. The second-order valence-corrected chi connectivity index (χ2v) is 6.20. The van der Waals surface area contributed by atoms with Gasteiger partial charge in [0.2, 0.25) is 10.0 Å². The van der Waals surface area contributed by atoms with Crippen molar-refractivity contribution in [2.75, 3.05) is 6.26 Å². The summed E-state index contributed by atoms with van der Waals surface area (Å²) < 4.78 is 24.9. The number of carbonyl (C=O) groups excluding carboxylic acids is 1. The molecule has 0 N–H and O–H groups in total. The molecule has 16 heavy (non-hydrogen) atoms. The Morgan fingerprint density at radius 3 is 2.62 bits per heavy atom. The first-order valence-electron chi connectivity index (χ1n) is 4.40. The third kappa shape index (κ3) is 1.78. The average Bonchev–Trinajstić information content (AvgIpc) is 2.55. The van der Waals surface area contributed by atoms with Crippen molar-refractivity contribution in [3.8, 4) is 0 Å². The number of halogens is 1. The number of hydrogen-bond acceptors (Lipinski definition) is 3. The fraction of sp³-hybridized carbons (Fsp3) is 0.100. The first-order valence-corrected chi connectivity index (χ1v) is 7.04. The van der Waals surface area contributed by atoms with E-state index in [1.165, 1.54) is 6.20 Å². The summed E-state index contributed by atoms with van der Waals surface area (Å²) >= 11 is 3.28. The molecule has 0 amide bonds. The van der Waals surface area contributed by atoms with Crippen LogP contribution in [-0.4, -0.2) is 24.9 Å². The minimum Gasteiger partial charge on any atom is -0.298 e. The molecule has 0 spiro atoms. The molecule has 1 heterocycles. The maximum absolute atomic E-state index is 11.5. The van der Waals surface area contributed by atoms with Crippen LogP contribution in [0.25, 0.3) is 10.9 Å². The molecular formula is C10H8BrNO3S. The van der Waals surface area contributed by atoms with E-state index < -0.39 is 10.0 Å². The number of fused-ring (bicyclic) bond motifs is 1. The number of rotatable bonds is 2. The zero-order valence-corrected chi connectivity index (χ0v) is 10.7. The normalized spacial score (nSPS) is 11.9. The first-order chi connectivity index (χ1) is 7.43. The van der Waals surface area contributed by atoms with Crippen molar-refractivity contribution in [3.63, 3.8) is 0 Å². The standard InChI is InChI=1S/C10H8BrNO3S/c1-16(14,15)12-5-7(6-13)9-4-8(11)2-3-10(9)12/h2-6H,1H3. The smallest absolute Gasteiger partial charge is 0.236 e. The van der Waals surface area contributed by atoms with Gasteiger partial charge in [-0.15, -0.1) is 0 Å².